The van der Waals surface area contributed by atoms with E-state index in [9.17, 15) is 4.79 Å². The average Bonchev–Trinajstić information content (AvgIpc) is 1.82. The minimum absolute atomic E-state index is 0.361. The number of carbonyl (C=O) groups excluding carboxylic acids is 1. The fraction of sp³-hybridized carbons (Fsp3) is 0.167. The summed E-state index contributed by atoms with van der Waals surface area (Å²) >= 11 is 8.68. The summed E-state index contributed by atoms with van der Waals surface area (Å²) in [7, 11) is 0. The van der Waals surface area contributed by atoms with Gasteiger partial charge in [-0.25, -0.2) is 0 Å². The summed E-state index contributed by atoms with van der Waals surface area (Å²) in [4.78, 5) is 10.4. The van der Waals surface area contributed by atoms with Crippen molar-refractivity contribution >= 4 is 25.0 Å². The molecule has 0 fully saturated rings. The van der Waals surface area contributed by atoms with Gasteiger partial charge in [0.25, 0.3) is 0 Å². The molecule has 53 valence electrons. The van der Waals surface area contributed by atoms with Crippen LogP contribution in [0.1, 0.15) is 6.92 Å². The first-order valence-corrected chi connectivity index (χ1v) is 5.02. The topological polar surface area (TPSA) is 17.1 Å². The molecule has 1 nitrogen and oxygen atoms in total. The summed E-state index contributed by atoms with van der Waals surface area (Å²) in [5.41, 5.74) is 0. The van der Waals surface area contributed by atoms with Crippen molar-refractivity contribution in [3.63, 3.8) is 0 Å². The summed E-state index contributed by atoms with van der Waals surface area (Å²) in [6.45, 7) is 1.94. The molecule has 0 saturated carbocycles. The maximum atomic E-state index is 10.4. The quantitative estimate of drug-likeness (QED) is 0.677. The monoisotopic (exact) mass is 363 g/mol. The number of hydrogen-bond donors (Lipinski definition) is 0. The third kappa shape index (κ3) is 5.49. The molecular formula is C6H5ClOVW. The number of halogens is 1. The van der Waals surface area contributed by atoms with Gasteiger partial charge in [0.15, 0.2) is 0 Å². The van der Waals surface area contributed by atoms with E-state index in [4.69, 9.17) is 11.6 Å². The van der Waals surface area contributed by atoms with Gasteiger partial charge in [0.2, 0.25) is 0 Å². The van der Waals surface area contributed by atoms with Crippen LogP contribution in [0.15, 0.2) is 12.2 Å². The summed E-state index contributed by atoms with van der Waals surface area (Å²) in [6.07, 6.45) is 3.58. The van der Waals surface area contributed by atoms with Crippen LogP contribution in [0.25, 0.3) is 0 Å². The molecule has 0 aliphatic carbocycles. The molecule has 0 unspecified atom stereocenters. The van der Waals surface area contributed by atoms with Gasteiger partial charge in [0.05, 0.1) is 0 Å². The van der Waals surface area contributed by atoms with Gasteiger partial charge >= 0.3 is 85.2 Å². The zero-order valence-corrected chi connectivity index (χ0v) is 10.4. The van der Waals surface area contributed by atoms with Crippen LogP contribution in [-0.4, -0.2) is 13.4 Å². The Morgan fingerprint density at radius 1 is 1.60 bits per heavy atom. The minimum atomic E-state index is -0.361. The number of allylic oxidation sites excluding steroid dienone is 2. The zero-order valence-electron chi connectivity index (χ0n) is 5.30. The van der Waals surface area contributed by atoms with E-state index in [0.717, 1.165) is 23.6 Å². The fourth-order valence-corrected chi connectivity index (χ4v) is 0.686. The van der Waals surface area contributed by atoms with E-state index in [1.165, 1.54) is 0 Å². The molecule has 0 atom stereocenters. The fourth-order valence-electron chi connectivity index (χ4n) is 0.262. The standard InChI is InChI=1S/C6H5ClO.V.W/c1-2-3-4-5-6(7)8;;/h3-4H,1H3;;. The molecular weight excluding hydrogens is 358 g/mol. The average molecular weight is 363 g/mol. The first-order valence-electron chi connectivity index (χ1n) is 2.48. The molecule has 0 aromatic carbocycles. The van der Waals surface area contributed by atoms with Crippen LogP contribution >= 0.6 is 11.6 Å². The molecule has 4 heteroatoms. The SMILES string of the molecule is C[C](=[V])C=C[C](=[W])C(=O)Cl. The molecule has 0 aliphatic heterocycles. The van der Waals surface area contributed by atoms with Gasteiger partial charge in [0.1, 0.15) is 0 Å². The second kappa shape index (κ2) is 5.37. The Morgan fingerprint density at radius 2 is 2.10 bits per heavy atom. The molecule has 10 heavy (non-hydrogen) atoms. The van der Waals surface area contributed by atoms with Crippen molar-refractivity contribution in [2.75, 3.05) is 0 Å². The van der Waals surface area contributed by atoms with E-state index in [1.807, 2.05) is 13.0 Å². The predicted octanol–water partition coefficient (Wildman–Crippen LogP) is 0.766. The Hall–Kier alpha value is 0.713. The van der Waals surface area contributed by atoms with Crippen LogP contribution in [0.2, 0.25) is 0 Å². The molecule has 0 spiro atoms. The van der Waals surface area contributed by atoms with Gasteiger partial charge in [-0.05, 0) is 0 Å². The van der Waals surface area contributed by atoms with Gasteiger partial charge < -0.3 is 0 Å². The van der Waals surface area contributed by atoms with Gasteiger partial charge in [0, 0.05) is 0 Å². The Labute approximate surface area is 84.7 Å². The van der Waals surface area contributed by atoms with Crippen LogP contribution < -0.4 is 0 Å². The zero-order chi connectivity index (χ0) is 8.15. The van der Waals surface area contributed by atoms with Crippen LogP contribution in [0.3, 0.4) is 0 Å². The van der Waals surface area contributed by atoms with Gasteiger partial charge in [-0.1, -0.05) is 0 Å². The Balaban J connectivity index is 4.03. The van der Waals surface area contributed by atoms with Crippen molar-refractivity contribution in [2.24, 2.45) is 0 Å². The van der Waals surface area contributed by atoms with Crippen molar-refractivity contribution < 1.29 is 41.1 Å². The summed E-state index contributed by atoms with van der Waals surface area (Å²) in [6, 6.07) is 0. The normalized spacial score (nSPS) is 9.70. The molecule has 0 radical (unpaired) electrons. The van der Waals surface area contributed by atoms with E-state index in [-0.39, 0.29) is 5.24 Å². The molecule has 0 N–H and O–H groups in total. The van der Waals surface area contributed by atoms with Gasteiger partial charge in [-0.2, -0.15) is 0 Å². The predicted molar refractivity (Wildman–Crippen MR) is 35.7 cm³/mol. The molecule has 0 heterocycles. The van der Waals surface area contributed by atoms with Crippen molar-refractivity contribution in [3.05, 3.63) is 12.2 Å². The Morgan fingerprint density at radius 3 is 2.40 bits per heavy atom. The number of hydrogen-bond acceptors (Lipinski definition) is 1. The van der Waals surface area contributed by atoms with Crippen molar-refractivity contribution in [1.29, 1.82) is 0 Å². The second-order valence-electron chi connectivity index (χ2n) is 1.61. The Kier molecular flexibility index (Phi) is 5.76. The molecule has 0 bridgehead atoms. The van der Waals surface area contributed by atoms with E-state index in [0.29, 0.717) is 3.90 Å². The van der Waals surface area contributed by atoms with E-state index < -0.39 is 0 Å². The van der Waals surface area contributed by atoms with Crippen molar-refractivity contribution in [1.82, 2.24) is 0 Å². The molecule has 0 aromatic rings. The van der Waals surface area contributed by atoms with Crippen molar-refractivity contribution in [2.45, 2.75) is 6.92 Å². The van der Waals surface area contributed by atoms with E-state index in [2.05, 4.69) is 17.0 Å². The summed E-state index contributed by atoms with van der Waals surface area (Å²) in [5.74, 6) is 0. The van der Waals surface area contributed by atoms with Crippen LogP contribution in [0.4, 0.5) is 0 Å². The molecule has 0 saturated heterocycles. The van der Waals surface area contributed by atoms with Crippen LogP contribution in [0.5, 0.6) is 0 Å². The van der Waals surface area contributed by atoms with Crippen LogP contribution in [0, 0.1) is 0 Å². The van der Waals surface area contributed by atoms with E-state index >= 15 is 0 Å². The maximum absolute atomic E-state index is 10.4. The van der Waals surface area contributed by atoms with Gasteiger partial charge in [-0.15, -0.1) is 0 Å². The summed E-state index contributed by atoms with van der Waals surface area (Å²) < 4.78 is 1.75. The first-order chi connectivity index (χ1) is 4.54. The third-order valence-electron chi connectivity index (χ3n) is 0.670. The first kappa shape index (κ1) is 10.7. The van der Waals surface area contributed by atoms with Gasteiger partial charge in [-0.3, -0.25) is 0 Å². The Bertz CT molecular complexity index is 210. The number of rotatable bonds is 3. The van der Waals surface area contributed by atoms with E-state index in [1.54, 1.807) is 6.08 Å². The van der Waals surface area contributed by atoms with Crippen LogP contribution in [-0.2, 0) is 41.1 Å². The number of carbonyl (C=O) groups is 1. The van der Waals surface area contributed by atoms with Crippen molar-refractivity contribution in [3.8, 4) is 0 Å². The molecule has 0 aromatic heterocycles. The molecule has 0 aliphatic rings. The summed E-state index contributed by atoms with van der Waals surface area (Å²) in [5, 5.41) is -0.361. The molecule has 0 amide bonds. The second-order valence-corrected chi connectivity index (χ2v) is 4.64. The third-order valence-corrected chi connectivity index (χ3v) is 2.71. The molecule has 0 rings (SSSR count).